The van der Waals surface area contributed by atoms with E-state index >= 15 is 0 Å². The fourth-order valence-corrected chi connectivity index (χ4v) is 2.82. The molecule has 1 amide bonds. The number of hydrogen-bond acceptors (Lipinski definition) is 4. The molecule has 4 N–H and O–H groups in total. The van der Waals surface area contributed by atoms with Crippen molar-refractivity contribution in [3.8, 4) is 0 Å². The summed E-state index contributed by atoms with van der Waals surface area (Å²) < 4.78 is 0. The van der Waals surface area contributed by atoms with E-state index in [-0.39, 0.29) is 11.9 Å². The predicted octanol–water partition coefficient (Wildman–Crippen LogP) is 0.387. The summed E-state index contributed by atoms with van der Waals surface area (Å²) in [6.45, 7) is 8.11. The summed E-state index contributed by atoms with van der Waals surface area (Å²) in [5.74, 6) is -0.182. The highest BCUT2D eigenvalue weighted by molar-refractivity contribution is 5.79. The molecule has 5 heteroatoms. The molecule has 19 heavy (non-hydrogen) atoms. The highest BCUT2D eigenvalue weighted by Crippen LogP contribution is 2.10. The van der Waals surface area contributed by atoms with Crippen LogP contribution in [0.2, 0.25) is 0 Å². The van der Waals surface area contributed by atoms with E-state index in [1.165, 1.54) is 12.8 Å². The van der Waals surface area contributed by atoms with E-state index in [1.807, 2.05) is 6.92 Å². The van der Waals surface area contributed by atoms with Gasteiger partial charge < -0.3 is 16.4 Å². The topological polar surface area (TPSA) is 75.6 Å². The van der Waals surface area contributed by atoms with Gasteiger partial charge in [0.15, 0.2) is 0 Å². The molecule has 0 saturated carbocycles. The first-order valence-electron chi connectivity index (χ1n) is 7.64. The van der Waals surface area contributed by atoms with Crippen molar-refractivity contribution in [2.75, 3.05) is 39.3 Å². The maximum absolute atomic E-state index is 11.4. The third-order valence-electron chi connectivity index (χ3n) is 3.96. The van der Waals surface area contributed by atoms with Gasteiger partial charge in [-0.2, -0.15) is 0 Å². The second-order valence-corrected chi connectivity index (χ2v) is 5.41. The van der Waals surface area contributed by atoms with Gasteiger partial charge in [0.1, 0.15) is 0 Å². The Morgan fingerprint density at radius 1 is 1.16 bits per heavy atom. The maximum Gasteiger partial charge on any atom is 0.234 e. The van der Waals surface area contributed by atoms with Crippen LogP contribution in [0.5, 0.6) is 0 Å². The first-order chi connectivity index (χ1) is 9.19. The Balaban J connectivity index is 2.32. The van der Waals surface area contributed by atoms with E-state index in [4.69, 9.17) is 11.5 Å². The van der Waals surface area contributed by atoms with Crippen molar-refractivity contribution < 1.29 is 4.79 Å². The molecular formula is C14H30N4O. The molecule has 1 unspecified atom stereocenters. The van der Waals surface area contributed by atoms with Gasteiger partial charge in [-0.05, 0) is 45.3 Å². The van der Waals surface area contributed by atoms with Gasteiger partial charge in [0.2, 0.25) is 5.91 Å². The van der Waals surface area contributed by atoms with Crippen LogP contribution in [-0.2, 0) is 4.79 Å². The average Bonchev–Trinajstić information content (AvgIpc) is 2.61. The Morgan fingerprint density at radius 2 is 1.95 bits per heavy atom. The molecule has 0 aromatic carbocycles. The van der Waals surface area contributed by atoms with Crippen molar-refractivity contribution in [3.63, 3.8) is 0 Å². The average molecular weight is 270 g/mol. The van der Waals surface area contributed by atoms with Crippen LogP contribution < -0.4 is 11.5 Å². The van der Waals surface area contributed by atoms with Crippen LogP contribution in [0.1, 0.15) is 39.0 Å². The molecule has 0 aromatic heterocycles. The largest absolute Gasteiger partial charge is 0.368 e. The van der Waals surface area contributed by atoms with Crippen LogP contribution in [0, 0.1) is 0 Å². The third kappa shape index (κ3) is 5.89. The quantitative estimate of drug-likeness (QED) is 0.626. The number of unbranched alkanes of at least 4 members (excludes halogenated alkanes) is 2. The van der Waals surface area contributed by atoms with E-state index in [9.17, 15) is 4.79 Å². The summed E-state index contributed by atoms with van der Waals surface area (Å²) >= 11 is 0. The van der Waals surface area contributed by atoms with Gasteiger partial charge in [-0.25, -0.2) is 0 Å². The molecule has 0 spiro atoms. The maximum atomic E-state index is 11.4. The number of carbonyl (C=O) groups is 1. The van der Waals surface area contributed by atoms with Crippen LogP contribution in [0.3, 0.4) is 0 Å². The summed E-state index contributed by atoms with van der Waals surface area (Å²) in [6.07, 6.45) is 5.51. The third-order valence-corrected chi connectivity index (χ3v) is 3.96. The Morgan fingerprint density at radius 3 is 2.58 bits per heavy atom. The van der Waals surface area contributed by atoms with Gasteiger partial charge in [-0.1, -0.05) is 13.3 Å². The van der Waals surface area contributed by atoms with Gasteiger partial charge in [-0.15, -0.1) is 0 Å². The fourth-order valence-electron chi connectivity index (χ4n) is 2.82. The van der Waals surface area contributed by atoms with Crippen molar-refractivity contribution in [2.24, 2.45) is 11.5 Å². The lowest BCUT2D eigenvalue weighted by Crippen LogP contribution is -2.46. The minimum atomic E-state index is -0.182. The molecule has 0 bridgehead atoms. The van der Waals surface area contributed by atoms with Gasteiger partial charge in [-0.3, -0.25) is 9.69 Å². The van der Waals surface area contributed by atoms with Crippen molar-refractivity contribution in [1.82, 2.24) is 9.80 Å². The molecule has 0 aliphatic carbocycles. The van der Waals surface area contributed by atoms with Crippen molar-refractivity contribution in [2.45, 2.75) is 45.1 Å². The molecular weight excluding hydrogens is 240 g/mol. The molecule has 5 nitrogen and oxygen atoms in total. The number of nitrogens with zero attached hydrogens (tertiary/aromatic N) is 2. The Bertz CT molecular complexity index is 260. The lowest BCUT2D eigenvalue weighted by Gasteiger charge is -2.27. The van der Waals surface area contributed by atoms with E-state index in [0.29, 0.717) is 0 Å². The van der Waals surface area contributed by atoms with Crippen LogP contribution in [-0.4, -0.2) is 61.0 Å². The zero-order valence-corrected chi connectivity index (χ0v) is 12.3. The standard InChI is InChI=1S/C14H30N4O/c1-2-13(14(16)19)18-10-6-9-17(11-12-18)8-5-3-4-7-15/h13H,2-12,15H2,1H3,(H2,16,19). The summed E-state index contributed by atoms with van der Waals surface area (Å²) in [6, 6.07) is -0.0859. The predicted molar refractivity (Wildman–Crippen MR) is 78.8 cm³/mol. The zero-order chi connectivity index (χ0) is 14.1. The van der Waals surface area contributed by atoms with Crippen molar-refractivity contribution in [3.05, 3.63) is 0 Å². The monoisotopic (exact) mass is 270 g/mol. The smallest absolute Gasteiger partial charge is 0.234 e. The minimum absolute atomic E-state index is 0.0859. The molecule has 1 aliphatic rings. The number of carbonyl (C=O) groups excluding carboxylic acids is 1. The van der Waals surface area contributed by atoms with Crippen molar-refractivity contribution >= 4 is 5.91 Å². The fraction of sp³-hybridized carbons (Fsp3) is 0.929. The number of primary amides is 1. The second kappa shape index (κ2) is 9.28. The Labute approximate surface area is 117 Å². The van der Waals surface area contributed by atoms with Gasteiger partial charge in [0.05, 0.1) is 6.04 Å². The van der Waals surface area contributed by atoms with Crippen molar-refractivity contribution in [1.29, 1.82) is 0 Å². The van der Waals surface area contributed by atoms with E-state index < -0.39 is 0 Å². The Kier molecular flexibility index (Phi) is 8.02. The molecule has 1 atom stereocenters. The van der Waals surface area contributed by atoms with Crippen LogP contribution in [0.4, 0.5) is 0 Å². The van der Waals surface area contributed by atoms with Gasteiger partial charge >= 0.3 is 0 Å². The molecule has 0 radical (unpaired) electrons. The molecule has 1 aliphatic heterocycles. The highest BCUT2D eigenvalue weighted by atomic mass is 16.1. The number of hydrogen-bond donors (Lipinski definition) is 2. The van der Waals surface area contributed by atoms with E-state index in [1.54, 1.807) is 0 Å². The minimum Gasteiger partial charge on any atom is -0.368 e. The molecule has 1 heterocycles. The molecule has 1 saturated heterocycles. The number of nitrogens with two attached hydrogens (primary N) is 2. The summed E-state index contributed by atoms with van der Waals surface area (Å²) in [5.41, 5.74) is 11.0. The summed E-state index contributed by atoms with van der Waals surface area (Å²) in [5, 5.41) is 0. The van der Waals surface area contributed by atoms with Crippen LogP contribution in [0.15, 0.2) is 0 Å². The first kappa shape index (κ1) is 16.4. The summed E-state index contributed by atoms with van der Waals surface area (Å²) in [4.78, 5) is 16.2. The van der Waals surface area contributed by atoms with Crippen LogP contribution in [0.25, 0.3) is 0 Å². The van der Waals surface area contributed by atoms with Gasteiger partial charge in [0.25, 0.3) is 0 Å². The Hall–Kier alpha value is -0.650. The number of rotatable bonds is 8. The molecule has 0 aromatic rings. The lowest BCUT2D eigenvalue weighted by atomic mass is 10.1. The van der Waals surface area contributed by atoms with E-state index in [2.05, 4.69) is 9.80 Å². The first-order valence-corrected chi connectivity index (χ1v) is 7.64. The van der Waals surface area contributed by atoms with E-state index in [0.717, 1.165) is 58.5 Å². The highest BCUT2D eigenvalue weighted by Gasteiger charge is 2.24. The zero-order valence-electron chi connectivity index (χ0n) is 12.3. The summed E-state index contributed by atoms with van der Waals surface area (Å²) in [7, 11) is 0. The lowest BCUT2D eigenvalue weighted by molar-refractivity contribution is -0.123. The molecule has 1 fully saturated rings. The number of amides is 1. The molecule has 112 valence electrons. The SMILES string of the molecule is CCC(C(N)=O)N1CCCN(CCCCCN)CC1. The van der Waals surface area contributed by atoms with Crippen LogP contribution >= 0.6 is 0 Å². The normalized spacial score (nSPS) is 20.1. The molecule has 1 rings (SSSR count). The van der Waals surface area contributed by atoms with Gasteiger partial charge in [0, 0.05) is 19.6 Å². The second-order valence-electron chi connectivity index (χ2n) is 5.41.